The Labute approximate surface area is 168 Å². The minimum Gasteiger partial charge on any atom is -0.465 e. The highest BCUT2D eigenvalue weighted by molar-refractivity contribution is 7.14. The van der Waals surface area contributed by atoms with Crippen molar-refractivity contribution in [1.29, 1.82) is 0 Å². The van der Waals surface area contributed by atoms with Crippen LogP contribution in [0.25, 0.3) is 22.2 Å². The molecule has 2 heterocycles. The zero-order valence-corrected chi connectivity index (χ0v) is 16.0. The van der Waals surface area contributed by atoms with Crippen LogP contribution in [0.4, 0.5) is 5.13 Å². The van der Waals surface area contributed by atoms with E-state index in [1.54, 1.807) is 23.6 Å². The van der Waals surface area contributed by atoms with Gasteiger partial charge in [-0.15, -0.1) is 11.3 Å². The highest BCUT2D eigenvalue weighted by atomic mass is 32.1. The lowest BCUT2D eigenvalue weighted by Crippen LogP contribution is -2.12. The number of para-hydroxylation sites is 1. The lowest BCUT2D eigenvalue weighted by molar-refractivity contribution is 0.0600. The third-order valence-corrected chi connectivity index (χ3v) is 4.97. The van der Waals surface area contributed by atoms with Gasteiger partial charge >= 0.3 is 11.6 Å². The Morgan fingerprint density at radius 3 is 2.55 bits per heavy atom. The Morgan fingerprint density at radius 1 is 1.07 bits per heavy atom. The molecule has 0 aliphatic carbocycles. The summed E-state index contributed by atoms with van der Waals surface area (Å²) < 4.78 is 9.96. The number of methoxy groups -OCH3 is 1. The fourth-order valence-corrected chi connectivity index (χ4v) is 3.45. The second-order valence-electron chi connectivity index (χ2n) is 6.05. The van der Waals surface area contributed by atoms with Gasteiger partial charge in [0.25, 0.3) is 5.91 Å². The van der Waals surface area contributed by atoms with E-state index in [0.717, 1.165) is 5.39 Å². The van der Waals surface area contributed by atoms with Crippen molar-refractivity contribution in [2.45, 2.75) is 0 Å². The Morgan fingerprint density at radius 2 is 1.79 bits per heavy atom. The first-order valence-electron chi connectivity index (χ1n) is 8.53. The van der Waals surface area contributed by atoms with Gasteiger partial charge in [0.2, 0.25) is 0 Å². The van der Waals surface area contributed by atoms with Crippen molar-refractivity contribution in [2.24, 2.45) is 0 Å². The number of carbonyl (C=O) groups is 2. The van der Waals surface area contributed by atoms with Crippen LogP contribution in [-0.2, 0) is 4.74 Å². The first-order chi connectivity index (χ1) is 14.0. The monoisotopic (exact) mass is 406 g/mol. The van der Waals surface area contributed by atoms with Gasteiger partial charge in [0.15, 0.2) is 5.13 Å². The van der Waals surface area contributed by atoms with E-state index in [4.69, 9.17) is 4.42 Å². The number of aromatic nitrogens is 1. The van der Waals surface area contributed by atoms with Crippen LogP contribution >= 0.6 is 11.3 Å². The summed E-state index contributed by atoms with van der Waals surface area (Å²) >= 11 is 1.20. The van der Waals surface area contributed by atoms with Gasteiger partial charge in [0, 0.05) is 16.3 Å². The summed E-state index contributed by atoms with van der Waals surface area (Å²) in [4.78, 5) is 40.5. The number of carbonyl (C=O) groups excluding carboxylic acids is 2. The molecule has 4 rings (SSSR count). The number of amides is 1. The number of ether oxygens (including phenoxy) is 1. The summed E-state index contributed by atoms with van der Waals surface area (Å²) in [5, 5.41) is 5.49. The fraction of sp³-hybridized carbons (Fsp3) is 0.0476. The van der Waals surface area contributed by atoms with Crippen molar-refractivity contribution in [3.63, 3.8) is 0 Å². The summed E-state index contributed by atoms with van der Waals surface area (Å²) in [7, 11) is 1.29. The van der Waals surface area contributed by atoms with Gasteiger partial charge in [0.1, 0.15) is 5.58 Å². The molecule has 0 unspecified atom stereocenters. The number of hydrogen-bond donors (Lipinski definition) is 1. The number of hydrogen-bond acceptors (Lipinski definition) is 7. The van der Waals surface area contributed by atoms with E-state index in [-0.39, 0.29) is 5.91 Å². The van der Waals surface area contributed by atoms with E-state index < -0.39 is 11.6 Å². The van der Waals surface area contributed by atoms with Crippen molar-refractivity contribution in [3.8, 4) is 11.3 Å². The molecule has 0 radical (unpaired) electrons. The number of fused-ring (bicyclic) bond motifs is 1. The van der Waals surface area contributed by atoms with E-state index in [2.05, 4.69) is 15.0 Å². The van der Waals surface area contributed by atoms with Crippen LogP contribution in [-0.4, -0.2) is 24.0 Å². The fourth-order valence-electron chi connectivity index (χ4n) is 2.74. The third kappa shape index (κ3) is 3.78. The van der Waals surface area contributed by atoms with Gasteiger partial charge in [-0.05, 0) is 36.4 Å². The number of nitrogens with one attached hydrogen (secondary N) is 1. The zero-order valence-electron chi connectivity index (χ0n) is 15.2. The van der Waals surface area contributed by atoms with Crippen LogP contribution in [0.5, 0.6) is 0 Å². The molecule has 0 fully saturated rings. The topological polar surface area (TPSA) is 98.5 Å². The van der Waals surface area contributed by atoms with Gasteiger partial charge in [-0.3, -0.25) is 10.1 Å². The molecule has 144 valence electrons. The van der Waals surface area contributed by atoms with Gasteiger partial charge in [-0.25, -0.2) is 14.6 Å². The van der Waals surface area contributed by atoms with Crippen molar-refractivity contribution in [2.75, 3.05) is 12.4 Å². The van der Waals surface area contributed by atoms with Crippen LogP contribution in [0.3, 0.4) is 0 Å². The van der Waals surface area contributed by atoms with Gasteiger partial charge < -0.3 is 9.15 Å². The van der Waals surface area contributed by atoms with E-state index in [0.29, 0.717) is 33.1 Å². The van der Waals surface area contributed by atoms with Crippen molar-refractivity contribution in [1.82, 2.24) is 4.98 Å². The number of nitrogens with zero attached hydrogens (tertiary/aromatic N) is 1. The van der Waals surface area contributed by atoms with E-state index in [9.17, 15) is 14.4 Å². The van der Waals surface area contributed by atoms with E-state index in [1.807, 2.05) is 12.1 Å². The average molecular weight is 406 g/mol. The number of rotatable bonds is 4. The Hall–Kier alpha value is -3.78. The molecule has 2 aromatic heterocycles. The summed E-state index contributed by atoms with van der Waals surface area (Å²) in [6.45, 7) is 0. The predicted octanol–water partition coefficient (Wildman–Crippen LogP) is 3.96. The third-order valence-electron chi connectivity index (χ3n) is 4.21. The predicted molar refractivity (Wildman–Crippen MR) is 109 cm³/mol. The Balaban J connectivity index is 1.55. The summed E-state index contributed by atoms with van der Waals surface area (Å²) in [6, 6.07) is 15.0. The summed E-state index contributed by atoms with van der Waals surface area (Å²) in [5.41, 5.74) is 1.46. The SMILES string of the molecule is COC(=O)c1ccc(C(=O)Nc2nc(-c3cc4ccccc4oc3=O)cs2)cc1. The molecule has 2 aromatic carbocycles. The van der Waals surface area contributed by atoms with Crippen LogP contribution < -0.4 is 10.9 Å². The highest BCUT2D eigenvalue weighted by Crippen LogP contribution is 2.25. The average Bonchev–Trinajstić information content (AvgIpc) is 3.20. The second kappa shape index (κ2) is 7.69. The van der Waals surface area contributed by atoms with Crippen LogP contribution in [0.1, 0.15) is 20.7 Å². The lowest BCUT2D eigenvalue weighted by atomic mass is 10.1. The van der Waals surface area contributed by atoms with Gasteiger partial charge in [0.05, 0.1) is 23.9 Å². The molecule has 0 saturated carbocycles. The molecule has 0 aliphatic rings. The highest BCUT2D eigenvalue weighted by Gasteiger charge is 2.14. The maximum atomic E-state index is 12.4. The van der Waals surface area contributed by atoms with Crippen LogP contribution in [0.2, 0.25) is 0 Å². The number of anilines is 1. The molecule has 7 nitrogen and oxygen atoms in total. The molecule has 29 heavy (non-hydrogen) atoms. The smallest absolute Gasteiger partial charge is 0.345 e. The maximum absolute atomic E-state index is 12.4. The molecule has 0 spiro atoms. The Bertz CT molecular complexity index is 1270. The lowest BCUT2D eigenvalue weighted by Gasteiger charge is -2.03. The van der Waals surface area contributed by atoms with Crippen LogP contribution in [0.15, 0.2) is 69.2 Å². The standard InChI is InChI=1S/C21H14N2O5S/c1-27-19(25)13-8-6-12(7-9-13)18(24)23-21-22-16(11-29-21)15-10-14-4-2-3-5-17(14)28-20(15)26/h2-11H,1H3,(H,22,23,24). The molecule has 0 saturated heterocycles. The normalized spacial score (nSPS) is 10.7. The van der Waals surface area contributed by atoms with Gasteiger partial charge in [-0.2, -0.15) is 0 Å². The summed E-state index contributed by atoms with van der Waals surface area (Å²) in [6.07, 6.45) is 0. The molecule has 0 bridgehead atoms. The molecular formula is C21H14N2O5S. The molecule has 0 aliphatic heterocycles. The maximum Gasteiger partial charge on any atom is 0.345 e. The largest absolute Gasteiger partial charge is 0.465 e. The number of esters is 1. The van der Waals surface area contributed by atoms with Crippen LogP contribution in [0, 0.1) is 0 Å². The Kier molecular flexibility index (Phi) is 4.92. The first-order valence-corrected chi connectivity index (χ1v) is 9.41. The van der Waals surface area contributed by atoms with Crippen molar-refractivity contribution < 1.29 is 18.7 Å². The van der Waals surface area contributed by atoms with Crippen molar-refractivity contribution >= 4 is 39.3 Å². The second-order valence-corrected chi connectivity index (χ2v) is 6.90. The van der Waals surface area contributed by atoms with E-state index in [1.165, 1.54) is 42.7 Å². The van der Waals surface area contributed by atoms with E-state index >= 15 is 0 Å². The minimum absolute atomic E-state index is 0.322. The molecule has 4 aromatic rings. The number of thiazole rings is 1. The number of benzene rings is 2. The van der Waals surface area contributed by atoms with Crippen molar-refractivity contribution in [3.05, 3.63) is 81.5 Å². The molecule has 1 amide bonds. The molecule has 8 heteroatoms. The molecule has 1 N–H and O–H groups in total. The minimum atomic E-state index is -0.495. The first kappa shape index (κ1) is 18.6. The quantitative estimate of drug-likeness (QED) is 0.407. The molecular weight excluding hydrogens is 392 g/mol. The van der Waals surface area contributed by atoms with Gasteiger partial charge in [-0.1, -0.05) is 18.2 Å². The zero-order chi connectivity index (χ0) is 20.4. The molecule has 0 atom stereocenters. The summed E-state index contributed by atoms with van der Waals surface area (Å²) in [5.74, 6) is -0.858.